The van der Waals surface area contributed by atoms with E-state index in [1.165, 1.54) is 33.4 Å². The molecule has 0 spiro atoms. The number of benzene rings is 2. The monoisotopic (exact) mass is 328 g/mol. The van der Waals surface area contributed by atoms with Crippen molar-refractivity contribution in [2.75, 3.05) is 7.05 Å². The second-order valence-corrected chi connectivity index (χ2v) is 7.32. The molecule has 2 heterocycles. The largest absolute Gasteiger partial charge is 0.217 e. The molecule has 0 bridgehead atoms. The highest BCUT2D eigenvalue weighted by atomic mass is 15.0. The summed E-state index contributed by atoms with van der Waals surface area (Å²) in [7, 11) is 4.26. The first-order chi connectivity index (χ1) is 12.0. The fourth-order valence-electron chi connectivity index (χ4n) is 3.99. The highest BCUT2D eigenvalue weighted by molar-refractivity contribution is 6.08. The van der Waals surface area contributed by atoms with Crippen molar-refractivity contribution in [2.24, 2.45) is 7.05 Å². The van der Waals surface area contributed by atoms with Crippen molar-refractivity contribution < 1.29 is 9.14 Å². The molecule has 0 N–H and O–H groups in total. The molecule has 0 unspecified atom stereocenters. The highest BCUT2D eigenvalue weighted by Gasteiger charge is 2.43. The van der Waals surface area contributed by atoms with Gasteiger partial charge in [-0.3, -0.25) is 0 Å². The van der Waals surface area contributed by atoms with Crippen molar-refractivity contribution in [3.63, 3.8) is 0 Å². The predicted molar refractivity (Wildman–Crippen MR) is 104 cm³/mol. The standard InChI is InChI=1S/C23H24N2/c1-23(2)20-14-12-17-9-5-6-11-19(17)22(20)25(4)21(23)15-13-18-10-7-8-16-24(18)3/h5-16H,1-4H3/q+2. The Labute approximate surface area is 149 Å². The van der Waals surface area contributed by atoms with E-state index in [0.29, 0.717) is 0 Å². The van der Waals surface area contributed by atoms with Gasteiger partial charge < -0.3 is 0 Å². The molecule has 3 aromatic rings. The molecule has 2 heteroatoms. The summed E-state index contributed by atoms with van der Waals surface area (Å²) in [6, 6.07) is 19.5. The van der Waals surface area contributed by atoms with Crippen LogP contribution in [0.25, 0.3) is 16.8 Å². The summed E-state index contributed by atoms with van der Waals surface area (Å²) in [6.07, 6.45) is 6.56. The zero-order valence-electron chi connectivity index (χ0n) is 15.3. The molecule has 0 saturated heterocycles. The van der Waals surface area contributed by atoms with Gasteiger partial charge in [0.25, 0.3) is 0 Å². The molecule has 4 rings (SSSR count). The Morgan fingerprint density at radius 1 is 0.840 bits per heavy atom. The topological polar surface area (TPSA) is 6.89 Å². The number of hydrogen-bond acceptors (Lipinski definition) is 0. The fourth-order valence-corrected chi connectivity index (χ4v) is 3.99. The van der Waals surface area contributed by atoms with Crippen LogP contribution in [-0.4, -0.2) is 17.3 Å². The van der Waals surface area contributed by atoms with Crippen LogP contribution < -0.4 is 4.57 Å². The second kappa shape index (κ2) is 5.66. The average molecular weight is 328 g/mol. The minimum Gasteiger partial charge on any atom is -0.202 e. The van der Waals surface area contributed by atoms with E-state index in [2.05, 4.69) is 110 Å². The van der Waals surface area contributed by atoms with Gasteiger partial charge in [0, 0.05) is 29.8 Å². The number of hydrogen-bond donors (Lipinski definition) is 0. The lowest BCUT2D eigenvalue weighted by Gasteiger charge is -2.15. The second-order valence-electron chi connectivity index (χ2n) is 7.32. The summed E-state index contributed by atoms with van der Waals surface area (Å²) in [5.74, 6) is 0. The van der Waals surface area contributed by atoms with E-state index in [1.807, 2.05) is 0 Å². The van der Waals surface area contributed by atoms with Gasteiger partial charge in [0.2, 0.25) is 11.4 Å². The molecule has 0 radical (unpaired) electrons. The number of nitrogens with zero attached hydrogens (tertiary/aromatic N) is 2. The Kier molecular flexibility index (Phi) is 3.57. The third-order valence-corrected chi connectivity index (χ3v) is 5.42. The first kappa shape index (κ1) is 15.8. The van der Waals surface area contributed by atoms with Crippen molar-refractivity contribution in [2.45, 2.75) is 19.3 Å². The van der Waals surface area contributed by atoms with Gasteiger partial charge in [-0.15, -0.1) is 0 Å². The maximum atomic E-state index is 2.36. The fraction of sp³-hybridized carbons (Fsp3) is 0.217. The first-order valence-corrected chi connectivity index (χ1v) is 8.76. The lowest BCUT2D eigenvalue weighted by molar-refractivity contribution is -0.673. The summed E-state index contributed by atoms with van der Waals surface area (Å²) in [5.41, 5.74) is 5.23. The Balaban J connectivity index is 1.89. The molecule has 25 heavy (non-hydrogen) atoms. The molecule has 1 aliphatic heterocycles. The van der Waals surface area contributed by atoms with Gasteiger partial charge in [0.15, 0.2) is 11.9 Å². The number of aromatic nitrogens is 1. The third-order valence-electron chi connectivity index (χ3n) is 5.42. The van der Waals surface area contributed by atoms with E-state index >= 15 is 0 Å². The highest BCUT2D eigenvalue weighted by Crippen LogP contribution is 2.43. The average Bonchev–Trinajstić information content (AvgIpc) is 2.81. The summed E-state index contributed by atoms with van der Waals surface area (Å²) in [5, 5.41) is 2.62. The molecule has 0 saturated carbocycles. The maximum Gasteiger partial charge on any atom is 0.217 e. The van der Waals surface area contributed by atoms with E-state index in [9.17, 15) is 0 Å². The summed E-state index contributed by atoms with van der Waals surface area (Å²) in [4.78, 5) is 0. The number of fused-ring (bicyclic) bond motifs is 3. The molecule has 0 aliphatic carbocycles. The summed E-state index contributed by atoms with van der Waals surface area (Å²) >= 11 is 0. The van der Waals surface area contributed by atoms with Gasteiger partial charge >= 0.3 is 0 Å². The van der Waals surface area contributed by atoms with Crippen LogP contribution in [-0.2, 0) is 12.5 Å². The van der Waals surface area contributed by atoms with E-state index < -0.39 is 0 Å². The van der Waals surface area contributed by atoms with E-state index in [4.69, 9.17) is 0 Å². The molecular weight excluding hydrogens is 304 g/mol. The third kappa shape index (κ3) is 2.41. The molecule has 1 aromatic heterocycles. The summed E-state index contributed by atoms with van der Waals surface area (Å²) in [6.45, 7) is 4.63. The Morgan fingerprint density at radius 3 is 2.40 bits per heavy atom. The van der Waals surface area contributed by atoms with Crippen LogP contribution in [0.4, 0.5) is 5.69 Å². The SMILES string of the molecule is C[N+]1=C(C=Cc2cccc[n+]2C)C(C)(C)c2ccc3ccccc3c21. The van der Waals surface area contributed by atoms with Crippen LogP contribution in [0, 0.1) is 0 Å². The van der Waals surface area contributed by atoms with Gasteiger partial charge in [0.05, 0.1) is 10.8 Å². The number of allylic oxidation sites excluding steroid dienone is 1. The Hall–Kier alpha value is -2.74. The van der Waals surface area contributed by atoms with Crippen molar-refractivity contribution in [3.8, 4) is 0 Å². The van der Waals surface area contributed by atoms with E-state index in [0.717, 1.165) is 0 Å². The van der Waals surface area contributed by atoms with Crippen molar-refractivity contribution >= 4 is 28.2 Å². The molecule has 124 valence electrons. The van der Waals surface area contributed by atoms with Crippen LogP contribution in [0.5, 0.6) is 0 Å². The van der Waals surface area contributed by atoms with Crippen molar-refractivity contribution in [3.05, 3.63) is 78.1 Å². The van der Waals surface area contributed by atoms with Gasteiger partial charge in [0.1, 0.15) is 14.1 Å². The van der Waals surface area contributed by atoms with Gasteiger partial charge in [-0.25, -0.2) is 4.57 Å². The van der Waals surface area contributed by atoms with Crippen LogP contribution in [0.3, 0.4) is 0 Å². The first-order valence-electron chi connectivity index (χ1n) is 8.76. The Bertz CT molecular complexity index is 1040. The number of pyridine rings is 1. The van der Waals surface area contributed by atoms with Crippen LogP contribution in [0.2, 0.25) is 0 Å². The van der Waals surface area contributed by atoms with E-state index in [-0.39, 0.29) is 5.41 Å². The van der Waals surface area contributed by atoms with Crippen molar-refractivity contribution in [1.29, 1.82) is 0 Å². The predicted octanol–water partition coefficient (Wildman–Crippen LogP) is 4.38. The van der Waals surface area contributed by atoms with Gasteiger partial charge in [-0.05, 0) is 31.4 Å². The zero-order chi connectivity index (χ0) is 17.6. The molecule has 1 aliphatic rings. The van der Waals surface area contributed by atoms with Crippen LogP contribution >= 0.6 is 0 Å². The smallest absolute Gasteiger partial charge is 0.202 e. The normalized spacial score (nSPS) is 16.0. The molecule has 2 nitrogen and oxygen atoms in total. The van der Waals surface area contributed by atoms with Gasteiger partial charge in [-0.1, -0.05) is 30.3 Å². The van der Waals surface area contributed by atoms with Gasteiger partial charge in [-0.2, -0.15) is 4.58 Å². The molecule has 2 aromatic carbocycles. The minimum absolute atomic E-state index is 0.0159. The number of aryl methyl sites for hydroxylation is 1. The van der Waals surface area contributed by atoms with E-state index in [1.54, 1.807) is 0 Å². The lowest BCUT2D eigenvalue weighted by Crippen LogP contribution is -2.31. The minimum atomic E-state index is -0.0159. The molecule has 0 amide bonds. The quantitative estimate of drug-likeness (QED) is 0.616. The number of rotatable bonds is 2. The maximum absolute atomic E-state index is 2.36. The summed E-state index contributed by atoms with van der Waals surface area (Å²) < 4.78 is 4.50. The zero-order valence-corrected chi connectivity index (χ0v) is 15.3. The molecular formula is C23H24N2+2. The van der Waals surface area contributed by atoms with Crippen molar-refractivity contribution in [1.82, 2.24) is 0 Å². The van der Waals surface area contributed by atoms with Crippen LogP contribution in [0.15, 0.2) is 66.9 Å². The lowest BCUT2D eigenvalue weighted by atomic mass is 9.80. The molecule has 0 atom stereocenters. The Morgan fingerprint density at radius 2 is 1.60 bits per heavy atom. The van der Waals surface area contributed by atoms with Crippen LogP contribution in [0.1, 0.15) is 25.1 Å². The molecule has 0 fully saturated rings.